The fourth-order valence-corrected chi connectivity index (χ4v) is 11.3. The van der Waals surface area contributed by atoms with Crippen LogP contribution in [0.5, 0.6) is 0 Å². The van der Waals surface area contributed by atoms with E-state index in [9.17, 15) is 92.0 Å². The van der Waals surface area contributed by atoms with Gasteiger partial charge in [0, 0.05) is 74.2 Å². The van der Waals surface area contributed by atoms with Crippen molar-refractivity contribution in [1.29, 1.82) is 0 Å². The number of hydrogen-bond donors (Lipinski definition) is 22. The predicted molar refractivity (Wildman–Crippen MR) is 381 cm³/mol. The van der Waals surface area contributed by atoms with Gasteiger partial charge in [-0.15, -0.1) is 0 Å². The van der Waals surface area contributed by atoms with E-state index in [2.05, 4.69) is 78.4 Å². The molecule has 0 aliphatic carbocycles. The number of fused-ring (bicyclic) bond motifs is 1. The number of carbonyl (C=O) groups is 16. The summed E-state index contributed by atoms with van der Waals surface area (Å²) in [6.07, 6.45) is -0.230. The van der Waals surface area contributed by atoms with Crippen molar-refractivity contribution in [3.8, 4) is 0 Å². The molecule has 1 aromatic carbocycles. The van der Waals surface area contributed by atoms with E-state index in [4.69, 9.17) is 34.4 Å². The van der Waals surface area contributed by atoms with Crippen LogP contribution in [0.3, 0.4) is 0 Å². The highest BCUT2D eigenvalue weighted by molar-refractivity contribution is 6.00. The maximum atomic E-state index is 14.5. The number of para-hydroxylation sites is 1. The molecule has 1 saturated heterocycles. The molecule has 15 amide bonds. The maximum absolute atomic E-state index is 14.5. The highest BCUT2D eigenvalue weighted by Gasteiger charge is 2.41. The summed E-state index contributed by atoms with van der Waals surface area (Å²) in [6.45, 7) is 5.09. The number of aliphatic hydroxyl groups is 2. The van der Waals surface area contributed by atoms with Gasteiger partial charge >= 0.3 is 5.97 Å². The van der Waals surface area contributed by atoms with Crippen molar-refractivity contribution in [2.45, 2.75) is 197 Å². The highest BCUT2D eigenvalue weighted by atomic mass is 16.4. The Kier molecular flexibility index (Phi) is 36.0. The molecule has 0 spiro atoms. The van der Waals surface area contributed by atoms with Crippen molar-refractivity contribution < 1.29 is 92.0 Å². The van der Waals surface area contributed by atoms with Crippen molar-refractivity contribution in [2.75, 3.05) is 32.8 Å². The first-order chi connectivity index (χ1) is 50.5. The molecular formula is C66H102N22O19. The van der Waals surface area contributed by atoms with E-state index in [1.54, 1.807) is 26.1 Å². The van der Waals surface area contributed by atoms with Gasteiger partial charge in [0.05, 0.1) is 38.2 Å². The molecule has 107 heavy (non-hydrogen) atoms. The molecule has 3 heterocycles. The second-order valence-electron chi connectivity index (χ2n) is 26.3. The van der Waals surface area contributed by atoms with E-state index in [-0.39, 0.29) is 69.9 Å². The molecule has 3 aromatic rings. The first-order valence-electron chi connectivity index (χ1n) is 34.8. The van der Waals surface area contributed by atoms with Crippen LogP contribution in [0.1, 0.15) is 123 Å². The molecule has 0 bridgehead atoms. The third-order valence-electron chi connectivity index (χ3n) is 17.3. The van der Waals surface area contributed by atoms with Crippen LogP contribution in [0.25, 0.3) is 10.9 Å². The van der Waals surface area contributed by atoms with Gasteiger partial charge in [0.15, 0.2) is 5.96 Å². The Labute approximate surface area is 615 Å². The number of carbonyl (C=O) groups excluding carboxylic acids is 15. The topological polar surface area (TPSA) is 682 Å². The lowest BCUT2D eigenvalue weighted by molar-refractivity contribution is -0.143. The predicted octanol–water partition coefficient (Wildman–Crippen LogP) is -8.01. The number of carboxylic acids is 1. The van der Waals surface area contributed by atoms with E-state index in [0.29, 0.717) is 17.7 Å². The third-order valence-corrected chi connectivity index (χ3v) is 17.3. The number of amides is 15. The summed E-state index contributed by atoms with van der Waals surface area (Å²) >= 11 is 0. The number of nitrogens with two attached hydrogens (primary N) is 6. The van der Waals surface area contributed by atoms with Gasteiger partial charge in [-0.1, -0.05) is 52.3 Å². The summed E-state index contributed by atoms with van der Waals surface area (Å²) in [4.78, 5) is 229. The summed E-state index contributed by atoms with van der Waals surface area (Å²) in [7, 11) is 0. The molecular weight excluding hydrogens is 1400 g/mol. The normalized spacial score (nSPS) is 15.9. The second-order valence-corrected chi connectivity index (χ2v) is 26.3. The molecule has 590 valence electrons. The number of H-pyrrole nitrogens is 2. The number of carboxylic acid groups (broad SMARTS) is 1. The van der Waals surface area contributed by atoms with Gasteiger partial charge < -0.3 is 123 Å². The first kappa shape index (κ1) is 88.0. The molecule has 4 rings (SSSR count). The number of primary amides is 3. The van der Waals surface area contributed by atoms with Crippen LogP contribution in [0, 0.1) is 11.8 Å². The van der Waals surface area contributed by atoms with Gasteiger partial charge in [-0.2, -0.15) is 0 Å². The van der Waals surface area contributed by atoms with Crippen LogP contribution in [0.2, 0.25) is 0 Å². The van der Waals surface area contributed by atoms with Crippen LogP contribution in [-0.2, 0) is 89.6 Å². The minimum Gasteiger partial charge on any atom is -0.481 e. The first-order valence-corrected chi connectivity index (χ1v) is 34.8. The molecule has 41 heteroatoms. The largest absolute Gasteiger partial charge is 0.481 e. The Morgan fingerprint density at radius 3 is 1.71 bits per heavy atom. The maximum Gasteiger partial charge on any atom is 0.303 e. The lowest BCUT2D eigenvalue weighted by Crippen LogP contribution is -2.60. The zero-order valence-electron chi connectivity index (χ0n) is 60.2. The van der Waals surface area contributed by atoms with Crippen LogP contribution < -0.4 is 92.9 Å². The fraction of sp³-hybridized carbons (Fsp3) is 0.576. The molecule has 41 nitrogen and oxygen atoms in total. The molecule has 2 aromatic heterocycles. The number of nitrogens with one attached hydrogen (secondary N) is 13. The van der Waals surface area contributed by atoms with Crippen molar-refractivity contribution in [2.24, 2.45) is 51.2 Å². The number of aromatic amines is 2. The summed E-state index contributed by atoms with van der Waals surface area (Å²) in [5.41, 5.74) is 35.2. The van der Waals surface area contributed by atoms with E-state index in [1.807, 2.05) is 32.0 Å². The molecule has 0 unspecified atom stereocenters. The summed E-state index contributed by atoms with van der Waals surface area (Å²) in [5.74, 6) is -17.0. The van der Waals surface area contributed by atoms with E-state index in [1.165, 1.54) is 12.5 Å². The number of nitrogens with zero attached hydrogens (tertiary/aromatic N) is 3. The molecule has 13 atom stereocenters. The lowest BCUT2D eigenvalue weighted by Gasteiger charge is -2.31. The number of aliphatic carboxylic acids is 1. The Morgan fingerprint density at radius 2 is 1.15 bits per heavy atom. The van der Waals surface area contributed by atoms with Crippen molar-refractivity contribution >= 4 is 111 Å². The highest BCUT2D eigenvalue weighted by Crippen LogP contribution is 2.23. The van der Waals surface area contributed by atoms with Crippen LogP contribution in [0.4, 0.5) is 0 Å². The average Bonchev–Trinajstić information content (AvgIpc) is 1.74. The minimum atomic E-state index is -1.83. The molecule has 28 N–H and O–H groups in total. The number of hydrogen-bond acceptors (Lipinski definition) is 21. The Bertz CT molecular complexity index is 3640. The van der Waals surface area contributed by atoms with Gasteiger partial charge in [-0.05, 0) is 81.8 Å². The standard InChI is InChI=1S/C66H102N22O19/c1-6-33(4)53(63(105)82-43(16-19-49(69)92)65(107)88-22-10-14-47(88)62(104)80-42(17-20-52(95)96)60(102)79-41(15-18-48(68)91)61(103)83-44(55(70)97)25-36-27-73-31-78-36)86-50(93)28-77-58(100)46(30-89)85-59(101)40(13-9-21-74-66(71)72)81-64(106)54(34(5)90)87-51(94)29-76-57(99)45(84-56(98)38(67)23-32(2)3)24-35-26-75-39-12-8-7-11-37(35)39/h7-8,11-12,26-27,31-34,38,40-47,53-54,75,89-90H,6,9-10,13-25,28-30,67H2,1-5H3,(H2,68,91)(H2,69,92)(H2,70,97)(H,73,78)(H,76,99)(H,77,100)(H,79,102)(H,80,104)(H,81,106)(H,82,105)(H,83,103)(H,84,98)(H,85,101)(H,86,93)(H,87,94)(H,95,96)(H4,71,72,74)/t33-,34+,38-,40-,41-,42-,43-,44-,45-,46-,47-,53-,54-/m0/s1. The van der Waals surface area contributed by atoms with E-state index < -0.39 is 231 Å². The molecule has 0 saturated carbocycles. The van der Waals surface area contributed by atoms with Crippen molar-refractivity contribution in [1.82, 2.24) is 78.3 Å². The summed E-state index contributed by atoms with van der Waals surface area (Å²) in [6, 6.07) is -9.37. The van der Waals surface area contributed by atoms with Crippen LogP contribution in [-0.4, -0.2) is 241 Å². The van der Waals surface area contributed by atoms with Gasteiger partial charge in [0.2, 0.25) is 88.6 Å². The Balaban J connectivity index is 1.45. The Hall–Kier alpha value is -11.4. The number of aromatic nitrogens is 3. The molecule has 1 aliphatic rings. The lowest BCUT2D eigenvalue weighted by atomic mass is 9.97. The summed E-state index contributed by atoms with van der Waals surface area (Å²) in [5, 5.41) is 58.0. The van der Waals surface area contributed by atoms with Gasteiger partial charge in [-0.3, -0.25) is 81.7 Å². The zero-order chi connectivity index (χ0) is 79.8. The minimum absolute atomic E-state index is 0.00279. The number of rotatable bonds is 47. The van der Waals surface area contributed by atoms with Crippen molar-refractivity contribution in [3.63, 3.8) is 0 Å². The fourth-order valence-electron chi connectivity index (χ4n) is 11.3. The Morgan fingerprint density at radius 1 is 0.617 bits per heavy atom. The number of aliphatic imine (C=N–C) groups is 1. The number of benzene rings is 1. The number of likely N-dealkylation sites (tertiary alicyclic amines) is 1. The van der Waals surface area contributed by atoms with Crippen molar-refractivity contribution in [3.05, 3.63) is 54.2 Å². The van der Waals surface area contributed by atoms with Gasteiger partial charge in [0.1, 0.15) is 60.4 Å². The summed E-state index contributed by atoms with van der Waals surface area (Å²) < 4.78 is 0. The second kappa shape index (κ2) is 43.8. The monoisotopic (exact) mass is 1510 g/mol. The average molecular weight is 1510 g/mol. The van der Waals surface area contributed by atoms with Crippen LogP contribution in [0.15, 0.2) is 48.0 Å². The van der Waals surface area contributed by atoms with E-state index >= 15 is 0 Å². The number of guanidine groups is 1. The van der Waals surface area contributed by atoms with E-state index in [0.717, 1.165) is 22.7 Å². The molecule has 0 radical (unpaired) electrons. The number of aliphatic hydroxyl groups excluding tert-OH is 2. The quantitative estimate of drug-likeness (QED) is 0.0142. The number of imidazole rings is 1. The smallest absolute Gasteiger partial charge is 0.303 e. The molecule has 1 fully saturated rings. The third kappa shape index (κ3) is 29.6. The van der Waals surface area contributed by atoms with Gasteiger partial charge in [0.25, 0.3) is 0 Å². The SMILES string of the molecule is CC[C@H](C)[C@H](NC(=O)CNC(=O)[C@H](CO)NC(=O)[C@H](CCCN=C(N)N)NC(=O)[C@@H](NC(=O)CNC(=O)[C@H](Cc1c[nH]c2ccccc12)NC(=O)[C@@H](N)CC(C)C)[C@@H](C)O)C(=O)N[C@@H](CCC(N)=O)C(=O)N1CCC[C@H]1C(=O)N[C@@H](CCC(=O)O)C(=O)N[C@@H](CCC(N)=O)C(=O)N[C@@H](Cc1cnc[nH]1)C(N)=O. The van der Waals surface area contributed by atoms with Crippen LogP contribution >= 0.6 is 0 Å². The van der Waals surface area contributed by atoms with Gasteiger partial charge in [-0.25, -0.2) is 4.98 Å². The molecule has 1 aliphatic heterocycles. The zero-order valence-corrected chi connectivity index (χ0v) is 60.2.